The molecule has 1 aromatic rings. The number of anilines is 1. The molecule has 18 heavy (non-hydrogen) atoms. The highest BCUT2D eigenvalue weighted by atomic mass is 16.5. The molecule has 0 amide bonds. The number of hydrogen-bond donors (Lipinski definition) is 1. The van der Waals surface area contributed by atoms with Crippen LogP contribution in [0.5, 0.6) is 0 Å². The summed E-state index contributed by atoms with van der Waals surface area (Å²) in [5.41, 5.74) is 7.71. The Labute approximate surface area is 107 Å². The summed E-state index contributed by atoms with van der Waals surface area (Å²) < 4.78 is 5.12. The summed E-state index contributed by atoms with van der Waals surface area (Å²) in [6, 6.07) is 1.70. The Hall–Kier alpha value is -2.54. The van der Waals surface area contributed by atoms with Crippen LogP contribution < -0.4 is 5.73 Å². The molecule has 4 nitrogen and oxygen atoms in total. The Morgan fingerprint density at radius 2 is 2.39 bits per heavy atom. The van der Waals surface area contributed by atoms with Crippen molar-refractivity contribution in [3.63, 3.8) is 0 Å². The third-order valence-corrected chi connectivity index (χ3v) is 2.11. The second kappa shape index (κ2) is 6.92. The minimum Gasteiger partial charge on any atom is -0.480 e. The smallest absolute Gasteiger partial charge is 0.228 e. The molecule has 2 N–H and O–H groups in total. The van der Waals surface area contributed by atoms with Crippen molar-refractivity contribution in [3.05, 3.63) is 48.5 Å². The normalized spacial score (nSPS) is 11.4. The van der Waals surface area contributed by atoms with Gasteiger partial charge in [0.25, 0.3) is 0 Å². The summed E-state index contributed by atoms with van der Waals surface area (Å²) in [5.74, 6) is 6.31. The molecular weight excluding hydrogens is 226 g/mol. The minimum atomic E-state index is 0.419. The Morgan fingerprint density at radius 1 is 1.61 bits per heavy atom. The fourth-order valence-corrected chi connectivity index (χ4v) is 1.21. The first kappa shape index (κ1) is 13.5. The molecule has 0 saturated carbocycles. The fraction of sp³-hybridized carbons (Fsp3) is 0.143. The molecule has 0 saturated heterocycles. The van der Waals surface area contributed by atoms with Gasteiger partial charge >= 0.3 is 0 Å². The lowest BCUT2D eigenvalue weighted by molar-refractivity contribution is 0.405. The molecule has 4 heteroatoms. The fourth-order valence-electron chi connectivity index (χ4n) is 1.21. The lowest BCUT2D eigenvalue weighted by Gasteiger charge is -2.01. The van der Waals surface area contributed by atoms with Crippen LogP contribution in [0.15, 0.2) is 47.9 Å². The van der Waals surface area contributed by atoms with Crippen LogP contribution in [0.25, 0.3) is 0 Å². The van der Waals surface area contributed by atoms with Gasteiger partial charge < -0.3 is 10.5 Å². The van der Waals surface area contributed by atoms with Gasteiger partial charge in [0.05, 0.1) is 23.9 Å². The number of aromatic nitrogens is 1. The van der Waals surface area contributed by atoms with Crippen molar-refractivity contribution >= 4 is 11.6 Å². The molecule has 1 aromatic heterocycles. The van der Waals surface area contributed by atoms with Gasteiger partial charge in [-0.15, -0.1) is 0 Å². The minimum absolute atomic E-state index is 0.419. The van der Waals surface area contributed by atoms with E-state index in [1.165, 1.54) is 13.3 Å². The van der Waals surface area contributed by atoms with Crippen molar-refractivity contribution in [3.8, 4) is 11.8 Å². The number of nitrogen functional groups attached to an aromatic ring is 1. The van der Waals surface area contributed by atoms with Gasteiger partial charge in [-0.05, 0) is 13.0 Å². The lowest BCUT2D eigenvalue weighted by Crippen LogP contribution is -2.03. The van der Waals surface area contributed by atoms with Gasteiger partial charge in [0.2, 0.25) is 5.90 Å². The zero-order valence-electron chi connectivity index (χ0n) is 10.5. The maximum Gasteiger partial charge on any atom is 0.228 e. The third-order valence-electron chi connectivity index (χ3n) is 2.11. The SMILES string of the molecule is C=C/N=C(OC)\C(C#Cc1cnccc1N)=C/C. The van der Waals surface area contributed by atoms with Crippen molar-refractivity contribution in [1.82, 2.24) is 4.98 Å². The van der Waals surface area contributed by atoms with Crippen molar-refractivity contribution in [2.24, 2.45) is 4.99 Å². The van der Waals surface area contributed by atoms with Gasteiger partial charge in [0, 0.05) is 18.6 Å². The van der Waals surface area contributed by atoms with Crippen LogP contribution in [0, 0.1) is 11.8 Å². The van der Waals surface area contributed by atoms with Gasteiger partial charge in [-0.2, -0.15) is 0 Å². The molecule has 0 radical (unpaired) electrons. The number of rotatable bonds is 2. The van der Waals surface area contributed by atoms with Crippen LogP contribution in [0.1, 0.15) is 12.5 Å². The van der Waals surface area contributed by atoms with Gasteiger partial charge in [-0.1, -0.05) is 24.5 Å². The topological polar surface area (TPSA) is 60.5 Å². The van der Waals surface area contributed by atoms with E-state index >= 15 is 0 Å². The number of methoxy groups -OCH3 is 1. The summed E-state index contributed by atoms with van der Waals surface area (Å²) in [5, 5.41) is 0. The Kier molecular flexibility index (Phi) is 5.20. The number of allylic oxidation sites excluding steroid dienone is 1. The highest BCUT2D eigenvalue weighted by molar-refractivity contribution is 5.98. The van der Waals surface area contributed by atoms with Crippen LogP contribution in [-0.2, 0) is 4.74 Å². The van der Waals surface area contributed by atoms with E-state index in [2.05, 4.69) is 28.4 Å². The summed E-state index contributed by atoms with van der Waals surface area (Å²) in [7, 11) is 1.53. The number of nitrogens with zero attached hydrogens (tertiary/aromatic N) is 2. The summed E-state index contributed by atoms with van der Waals surface area (Å²) >= 11 is 0. The van der Waals surface area contributed by atoms with Gasteiger partial charge in [0.1, 0.15) is 0 Å². The summed E-state index contributed by atoms with van der Waals surface area (Å²) in [6.07, 6.45) is 6.46. The van der Waals surface area contributed by atoms with Crippen LogP contribution >= 0.6 is 0 Å². The third kappa shape index (κ3) is 3.49. The molecule has 0 spiro atoms. The van der Waals surface area contributed by atoms with E-state index in [1.54, 1.807) is 18.5 Å². The molecule has 0 fully saturated rings. The summed E-state index contributed by atoms with van der Waals surface area (Å²) in [6.45, 7) is 5.38. The van der Waals surface area contributed by atoms with Crippen molar-refractivity contribution < 1.29 is 4.74 Å². The van der Waals surface area contributed by atoms with E-state index in [0.717, 1.165) is 0 Å². The molecular formula is C14H15N3O. The van der Waals surface area contributed by atoms with E-state index in [9.17, 15) is 0 Å². The first-order valence-electron chi connectivity index (χ1n) is 5.33. The van der Waals surface area contributed by atoms with Gasteiger partial charge in [0.15, 0.2) is 0 Å². The predicted molar refractivity (Wildman–Crippen MR) is 73.9 cm³/mol. The lowest BCUT2D eigenvalue weighted by atomic mass is 10.2. The number of nitrogens with two attached hydrogens (primary N) is 1. The molecule has 1 rings (SSSR count). The van der Waals surface area contributed by atoms with Crippen LogP contribution in [0.4, 0.5) is 5.69 Å². The predicted octanol–water partition coefficient (Wildman–Crippen LogP) is 2.15. The molecule has 0 aliphatic heterocycles. The first-order valence-corrected chi connectivity index (χ1v) is 5.33. The van der Waals surface area contributed by atoms with Crippen LogP contribution in [-0.4, -0.2) is 18.0 Å². The van der Waals surface area contributed by atoms with E-state index in [-0.39, 0.29) is 0 Å². The van der Waals surface area contributed by atoms with E-state index in [1.807, 2.05) is 13.0 Å². The number of ether oxygens (including phenoxy) is 1. The largest absolute Gasteiger partial charge is 0.480 e. The summed E-state index contributed by atoms with van der Waals surface area (Å²) in [4.78, 5) is 7.96. The van der Waals surface area contributed by atoms with Crippen molar-refractivity contribution in [2.75, 3.05) is 12.8 Å². The molecule has 0 atom stereocenters. The van der Waals surface area contributed by atoms with Gasteiger partial charge in [-0.3, -0.25) is 4.98 Å². The first-order chi connectivity index (χ1) is 8.72. The monoisotopic (exact) mass is 241 g/mol. The Morgan fingerprint density at radius 3 is 2.94 bits per heavy atom. The second-order valence-corrected chi connectivity index (χ2v) is 3.24. The van der Waals surface area contributed by atoms with E-state index in [0.29, 0.717) is 22.7 Å². The molecule has 92 valence electrons. The average molecular weight is 241 g/mol. The van der Waals surface area contributed by atoms with Crippen LogP contribution in [0.2, 0.25) is 0 Å². The zero-order valence-corrected chi connectivity index (χ0v) is 10.5. The second-order valence-electron chi connectivity index (χ2n) is 3.24. The molecule has 0 bridgehead atoms. The average Bonchev–Trinajstić information content (AvgIpc) is 2.40. The van der Waals surface area contributed by atoms with Gasteiger partial charge in [-0.25, -0.2) is 4.99 Å². The quantitative estimate of drug-likeness (QED) is 0.490. The molecule has 0 aromatic carbocycles. The van der Waals surface area contributed by atoms with E-state index < -0.39 is 0 Å². The van der Waals surface area contributed by atoms with Crippen LogP contribution in [0.3, 0.4) is 0 Å². The van der Waals surface area contributed by atoms with Crippen molar-refractivity contribution in [2.45, 2.75) is 6.92 Å². The number of aliphatic imine (C=N–C) groups is 1. The molecule has 0 aliphatic rings. The number of hydrogen-bond acceptors (Lipinski definition) is 4. The molecule has 0 unspecified atom stereocenters. The number of pyridine rings is 1. The van der Waals surface area contributed by atoms with E-state index in [4.69, 9.17) is 10.5 Å². The highest BCUT2D eigenvalue weighted by Crippen LogP contribution is 2.07. The Balaban J connectivity index is 3.06. The zero-order chi connectivity index (χ0) is 13.4. The molecule has 0 aliphatic carbocycles. The molecule has 1 heterocycles. The van der Waals surface area contributed by atoms with Crippen molar-refractivity contribution in [1.29, 1.82) is 0 Å². The maximum absolute atomic E-state index is 5.78. The highest BCUT2D eigenvalue weighted by Gasteiger charge is 2.02. The standard InChI is InChI=1S/C14H15N3O/c1-4-11(14(18-3)17-5-2)6-7-12-10-16-9-8-13(12)15/h4-5,8-10H,2H2,1,3H3,(H2,15,16)/b11-4-,17-14+. The maximum atomic E-state index is 5.78. The Bertz CT molecular complexity index is 548.